The molecule has 2 rings (SSSR count). The summed E-state index contributed by atoms with van der Waals surface area (Å²) in [4.78, 5) is 29.8. The van der Waals surface area contributed by atoms with Crippen molar-refractivity contribution in [3.8, 4) is 0 Å². The highest BCUT2D eigenvalue weighted by Crippen LogP contribution is 2.30. The van der Waals surface area contributed by atoms with Crippen molar-refractivity contribution in [2.45, 2.75) is 39.7 Å². The van der Waals surface area contributed by atoms with Crippen molar-refractivity contribution < 1.29 is 19.4 Å². The zero-order valence-corrected chi connectivity index (χ0v) is 16.1. The van der Waals surface area contributed by atoms with Gasteiger partial charge in [-0.25, -0.2) is 4.79 Å². The normalized spacial score (nSPS) is 14.5. The molecule has 1 aromatic carbocycles. The van der Waals surface area contributed by atoms with E-state index in [1.54, 1.807) is 17.9 Å². The number of carbonyl (C=O) groups excluding carboxylic acids is 1. The third-order valence-electron chi connectivity index (χ3n) is 4.26. The van der Waals surface area contributed by atoms with Gasteiger partial charge in [-0.15, -0.1) is 0 Å². The van der Waals surface area contributed by atoms with Crippen LogP contribution in [-0.4, -0.2) is 53.8 Å². The maximum atomic E-state index is 12.2. The Bertz CT molecular complexity index is 773. The van der Waals surface area contributed by atoms with Gasteiger partial charge in [0.2, 0.25) is 0 Å². The number of hydrogen-bond donors (Lipinski definition) is 1. The van der Waals surface area contributed by atoms with Crippen LogP contribution in [0.5, 0.6) is 0 Å². The van der Waals surface area contributed by atoms with Crippen molar-refractivity contribution in [3.05, 3.63) is 33.7 Å². The number of aliphatic carboxylic acids is 1. The summed E-state index contributed by atoms with van der Waals surface area (Å²) >= 11 is 0. The first-order valence-corrected chi connectivity index (χ1v) is 8.74. The summed E-state index contributed by atoms with van der Waals surface area (Å²) in [5.74, 6) is -0.947. The van der Waals surface area contributed by atoms with Crippen molar-refractivity contribution in [3.63, 3.8) is 0 Å². The quantitative estimate of drug-likeness (QED) is 0.490. The minimum atomic E-state index is -0.947. The number of carboxylic acids is 1. The van der Waals surface area contributed by atoms with Crippen LogP contribution in [0.15, 0.2) is 17.2 Å². The molecule has 1 aliphatic rings. The van der Waals surface area contributed by atoms with Crippen LogP contribution in [0.25, 0.3) is 10.4 Å². The molecular formula is C18H25N5O4. The van der Waals surface area contributed by atoms with Crippen LogP contribution in [-0.2, 0) is 16.0 Å². The van der Waals surface area contributed by atoms with Crippen molar-refractivity contribution in [1.29, 1.82) is 0 Å². The molecule has 0 radical (unpaired) electrons. The fraction of sp³-hybridized carbons (Fsp3) is 0.556. The van der Waals surface area contributed by atoms with Gasteiger partial charge < -0.3 is 19.6 Å². The third kappa shape index (κ3) is 5.52. The van der Waals surface area contributed by atoms with Gasteiger partial charge in [-0.05, 0) is 56.5 Å². The minimum Gasteiger partial charge on any atom is -0.481 e. The van der Waals surface area contributed by atoms with Crippen LogP contribution >= 0.6 is 0 Å². The zero-order chi connectivity index (χ0) is 20.2. The van der Waals surface area contributed by atoms with Gasteiger partial charge >= 0.3 is 12.1 Å². The number of anilines is 1. The summed E-state index contributed by atoms with van der Waals surface area (Å²) in [6.45, 7) is 9.36. The second-order valence-corrected chi connectivity index (χ2v) is 7.46. The number of piperazine rings is 1. The molecular weight excluding hydrogens is 350 g/mol. The van der Waals surface area contributed by atoms with Crippen LogP contribution in [0, 0.1) is 6.92 Å². The van der Waals surface area contributed by atoms with E-state index in [1.165, 1.54) is 0 Å². The van der Waals surface area contributed by atoms with Crippen molar-refractivity contribution in [1.82, 2.24) is 4.90 Å². The average Bonchev–Trinajstić information content (AvgIpc) is 2.56. The lowest BCUT2D eigenvalue weighted by molar-refractivity contribution is -0.136. The Morgan fingerprint density at radius 2 is 1.89 bits per heavy atom. The SMILES string of the molecule is Cc1c(CC(=O)O)cc(N2CCN(C(=O)OC(C)(C)C)CC2)cc1N=[N+]=[N-]. The Hall–Kier alpha value is -2.93. The van der Waals surface area contributed by atoms with Crippen molar-refractivity contribution in [2.75, 3.05) is 31.1 Å². The van der Waals surface area contributed by atoms with Gasteiger partial charge in [0.1, 0.15) is 5.60 Å². The van der Waals surface area contributed by atoms with E-state index in [9.17, 15) is 9.59 Å². The van der Waals surface area contributed by atoms with E-state index in [2.05, 4.69) is 10.0 Å². The molecule has 0 atom stereocenters. The second kappa shape index (κ2) is 8.18. The molecule has 0 spiro atoms. The number of rotatable bonds is 4. The van der Waals surface area contributed by atoms with Crippen LogP contribution in [0.2, 0.25) is 0 Å². The van der Waals surface area contributed by atoms with Crippen molar-refractivity contribution in [2.24, 2.45) is 5.11 Å². The molecule has 1 amide bonds. The largest absolute Gasteiger partial charge is 0.481 e. The van der Waals surface area contributed by atoms with Crippen LogP contribution < -0.4 is 4.90 Å². The van der Waals surface area contributed by atoms with E-state index < -0.39 is 11.6 Å². The van der Waals surface area contributed by atoms with E-state index in [4.69, 9.17) is 15.4 Å². The van der Waals surface area contributed by atoms with Gasteiger partial charge in [0.15, 0.2) is 0 Å². The van der Waals surface area contributed by atoms with Crippen molar-refractivity contribution >= 4 is 23.4 Å². The first-order chi connectivity index (χ1) is 12.6. The lowest BCUT2D eigenvalue weighted by Gasteiger charge is -2.37. The molecule has 0 unspecified atom stereocenters. The van der Waals surface area contributed by atoms with Gasteiger partial charge in [-0.2, -0.15) is 0 Å². The molecule has 1 heterocycles. The fourth-order valence-corrected chi connectivity index (χ4v) is 2.90. The number of amides is 1. The molecule has 1 N–H and O–H groups in total. The van der Waals surface area contributed by atoms with E-state index in [0.717, 1.165) is 5.69 Å². The van der Waals surface area contributed by atoms with Gasteiger partial charge in [0.25, 0.3) is 0 Å². The molecule has 9 nitrogen and oxygen atoms in total. The summed E-state index contributed by atoms with van der Waals surface area (Å²) in [6.07, 6.45) is -0.488. The van der Waals surface area contributed by atoms with Gasteiger partial charge in [-0.1, -0.05) is 5.11 Å². The van der Waals surface area contributed by atoms with Crippen LogP contribution in [0.1, 0.15) is 31.9 Å². The van der Waals surface area contributed by atoms with Gasteiger partial charge in [0, 0.05) is 42.5 Å². The number of benzene rings is 1. The molecule has 146 valence electrons. The monoisotopic (exact) mass is 375 g/mol. The number of nitrogens with zero attached hydrogens (tertiary/aromatic N) is 5. The Kier molecular flexibility index (Phi) is 6.17. The molecule has 0 saturated carbocycles. The summed E-state index contributed by atoms with van der Waals surface area (Å²) in [7, 11) is 0. The number of carboxylic acid groups (broad SMARTS) is 1. The maximum absolute atomic E-state index is 12.2. The highest BCUT2D eigenvalue weighted by atomic mass is 16.6. The predicted molar refractivity (Wildman–Crippen MR) is 101 cm³/mol. The average molecular weight is 375 g/mol. The van der Waals surface area contributed by atoms with E-state index in [0.29, 0.717) is 43.0 Å². The smallest absolute Gasteiger partial charge is 0.410 e. The van der Waals surface area contributed by atoms with Crippen LogP contribution in [0.4, 0.5) is 16.2 Å². The standard InChI is InChI=1S/C18H25N5O4/c1-12-13(10-16(24)25)9-14(11-15(12)20-21-19)22-5-7-23(8-6-22)17(26)27-18(2,3)4/h9,11H,5-8,10H2,1-4H3,(H,24,25). The molecule has 1 aromatic rings. The van der Waals surface area contributed by atoms with E-state index in [1.807, 2.05) is 31.7 Å². The highest BCUT2D eigenvalue weighted by molar-refractivity contribution is 5.74. The third-order valence-corrected chi connectivity index (χ3v) is 4.26. The molecule has 9 heteroatoms. The van der Waals surface area contributed by atoms with Gasteiger partial charge in [-0.3, -0.25) is 4.79 Å². The number of carbonyl (C=O) groups is 2. The molecule has 1 fully saturated rings. The first-order valence-electron chi connectivity index (χ1n) is 8.74. The Morgan fingerprint density at radius 1 is 1.26 bits per heavy atom. The molecule has 1 saturated heterocycles. The number of azide groups is 1. The van der Waals surface area contributed by atoms with Crippen LogP contribution in [0.3, 0.4) is 0 Å². The Balaban J connectivity index is 2.17. The predicted octanol–water partition coefficient (Wildman–Crippen LogP) is 3.62. The summed E-state index contributed by atoms with van der Waals surface area (Å²) in [5.41, 5.74) is 10.7. The fourth-order valence-electron chi connectivity index (χ4n) is 2.90. The zero-order valence-electron chi connectivity index (χ0n) is 16.1. The number of ether oxygens (including phenoxy) is 1. The molecule has 27 heavy (non-hydrogen) atoms. The maximum Gasteiger partial charge on any atom is 0.410 e. The topological polar surface area (TPSA) is 119 Å². The minimum absolute atomic E-state index is 0.147. The highest BCUT2D eigenvalue weighted by Gasteiger charge is 2.26. The first kappa shape index (κ1) is 20.4. The Labute approximate surface area is 158 Å². The molecule has 1 aliphatic heterocycles. The van der Waals surface area contributed by atoms with Gasteiger partial charge in [0.05, 0.1) is 6.42 Å². The summed E-state index contributed by atoms with van der Waals surface area (Å²) < 4.78 is 5.40. The summed E-state index contributed by atoms with van der Waals surface area (Å²) in [5, 5.41) is 12.8. The lowest BCUT2D eigenvalue weighted by Crippen LogP contribution is -2.50. The van der Waals surface area contributed by atoms with E-state index >= 15 is 0 Å². The Morgan fingerprint density at radius 3 is 2.41 bits per heavy atom. The molecule has 0 bridgehead atoms. The summed E-state index contributed by atoms with van der Waals surface area (Å²) in [6, 6.07) is 3.56. The number of hydrogen-bond acceptors (Lipinski definition) is 5. The lowest BCUT2D eigenvalue weighted by atomic mass is 10.0. The molecule has 0 aliphatic carbocycles. The second-order valence-electron chi connectivity index (χ2n) is 7.46. The van der Waals surface area contributed by atoms with E-state index in [-0.39, 0.29) is 12.5 Å². The molecule has 0 aromatic heterocycles.